The summed E-state index contributed by atoms with van der Waals surface area (Å²) < 4.78 is 32.2. The molecule has 1 heterocycles. The lowest BCUT2D eigenvalue weighted by Gasteiger charge is -2.38. The topological polar surface area (TPSA) is 73.2 Å². The van der Waals surface area contributed by atoms with E-state index in [2.05, 4.69) is 10.4 Å². The van der Waals surface area contributed by atoms with Crippen molar-refractivity contribution in [3.8, 4) is 0 Å². The summed E-state index contributed by atoms with van der Waals surface area (Å²) in [5, 5.41) is 6.84. The molecular formula is C17H25F2N3O3. The Hall–Kier alpha value is -1.99. The van der Waals surface area contributed by atoms with Gasteiger partial charge in [-0.2, -0.15) is 5.10 Å². The SMILES string of the molecule is COC(=O)C1(NC(=O)CC(C)c2cnn(C)c2)CCC(C(F)F)CC1. The smallest absolute Gasteiger partial charge is 0.331 e. The van der Waals surface area contributed by atoms with Gasteiger partial charge in [-0.25, -0.2) is 13.6 Å². The molecule has 1 aliphatic rings. The second-order valence-electron chi connectivity index (χ2n) is 6.85. The van der Waals surface area contributed by atoms with Crippen molar-refractivity contribution in [3.05, 3.63) is 18.0 Å². The monoisotopic (exact) mass is 357 g/mol. The number of carbonyl (C=O) groups is 2. The lowest BCUT2D eigenvalue weighted by atomic mass is 9.76. The summed E-state index contributed by atoms with van der Waals surface area (Å²) in [6, 6.07) is 0. The predicted molar refractivity (Wildman–Crippen MR) is 87.1 cm³/mol. The first-order valence-corrected chi connectivity index (χ1v) is 8.43. The van der Waals surface area contributed by atoms with Crippen LogP contribution in [0.25, 0.3) is 0 Å². The first kappa shape index (κ1) is 19.3. The zero-order valence-electron chi connectivity index (χ0n) is 14.8. The molecule has 1 unspecified atom stereocenters. The van der Waals surface area contributed by atoms with Crippen molar-refractivity contribution < 1.29 is 23.1 Å². The highest BCUT2D eigenvalue weighted by atomic mass is 19.3. The molecule has 25 heavy (non-hydrogen) atoms. The highest BCUT2D eigenvalue weighted by molar-refractivity contribution is 5.88. The van der Waals surface area contributed by atoms with Crippen LogP contribution in [-0.2, 0) is 21.4 Å². The van der Waals surface area contributed by atoms with Crippen LogP contribution in [0.5, 0.6) is 0 Å². The number of aromatic nitrogens is 2. The van der Waals surface area contributed by atoms with Crippen LogP contribution in [0.2, 0.25) is 0 Å². The van der Waals surface area contributed by atoms with Gasteiger partial charge in [-0.05, 0) is 37.2 Å². The minimum Gasteiger partial charge on any atom is -0.467 e. The van der Waals surface area contributed by atoms with E-state index in [-0.39, 0.29) is 43.9 Å². The number of ether oxygens (including phenoxy) is 1. The molecule has 0 aromatic carbocycles. The molecule has 0 saturated heterocycles. The van der Waals surface area contributed by atoms with Crippen LogP contribution in [0.15, 0.2) is 12.4 Å². The van der Waals surface area contributed by atoms with Crippen molar-refractivity contribution in [2.75, 3.05) is 7.11 Å². The third kappa shape index (κ3) is 4.55. The summed E-state index contributed by atoms with van der Waals surface area (Å²) in [6.07, 6.45) is 2.02. The molecule has 1 aliphatic carbocycles. The van der Waals surface area contributed by atoms with Crippen LogP contribution < -0.4 is 5.32 Å². The standard InChI is InChI=1S/C17H25F2N3O3/c1-11(13-9-20-22(2)10-13)8-14(23)21-17(16(24)25-3)6-4-12(5-7-17)15(18)19/h9-12,15H,4-8H2,1-3H3,(H,21,23). The molecule has 1 aromatic heterocycles. The minimum absolute atomic E-state index is 0.0687. The average Bonchev–Trinajstić information content (AvgIpc) is 3.01. The molecule has 0 aliphatic heterocycles. The molecule has 1 atom stereocenters. The van der Waals surface area contributed by atoms with Crippen LogP contribution in [-0.4, -0.2) is 40.7 Å². The fourth-order valence-corrected chi connectivity index (χ4v) is 3.37. The Labute approximate surface area is 145 Å². The van der Waals surface area contributed by atoms with Gasteiger partial charge in [-0.1, -0.05) is 6.92 Å². The molecule has 1 saturated carbocycles. The number of nitrogens with zero attached hydrogens (tertiary/aromatic N) is 2. The summed E-state index contributed by atoms with van der Waals surface area (Å²) in [5.74, 6) is -1.66. The lowest BCUT2D eigenvalue weighted by Crippen LogP contribution is -2.57. The van der Waals surface area contributed by atoms with E-state index < -0.39 is 23.9 Å². The number of esters is 1. The van der Waals surface area contributed by atoms with Gasteiger partial charge in [0.05, 0.1) is 13.3 Å². The van der Waals surface area contributed by atoms with Gasteiger partial charge in [0.1, 0.15) is 5.54 Å². The first-order valence-electron chi connectivity index (χ1n) is 8.43. The van der Waals surface area contributed by atoms with Crippen molar-refractivity contribution in [2.24, 2.45) is 13.0 Å². The minimum atomic E-state index is -2.41. The van der Waals surface area contributed by atoms with Gasteiger partial charge in [0, 0.05) is 25.6 Å². The Kier molecular flexibility index (Phi) is 6.13. The van der Waals surface area contributed by atoms with E-state index in [0.29, 0.717) is 0 Å². The van der Waals surface area contributed by atoms with E-state index in [4.69, 9.17) is 4.74 Å². The van der Waals surface area contributed by atoms with Crippen LogP contribution in [0.1, 0.15) is 50.5 Å². The number of nitrogens with one attached hydrogen (secondary N) is 1. The zero-order chi connectivity index (χ0) is 18.6. The number of carbonyl (C=O) groups excluding carboxylic acids is 2. The van der Waals surface area contributed by atoms with Gasteiger partial charge in [-0.3, -0.25) is 9.48 Å². The van der Waals surface area contributed by atoms with Crippen LogP contribution >= 0.6 is 0 Å². The molecule has 8 heteroatoms. The maximum absolute atomic E-state index is 12.9. The number of amides is 1. The maximum atomic E-state index is 12.9. The van der Waals surface area contributed by atoms with Crippen LogP contribution in [0.4, 0.5) is 8.78 Å². The molecule has 1 amide bonds. The second kappa shape index (κ2) is 7.93. The summed E-state index contributed by atoms with van der Waals surface area (Å²) in [6.45, 7) is 1.90. The van der Waals surface area contributed by atoms with Gasteiger partial charge >= 0.3 is 5.97 Å². The molecule has 0 spiro atoms. The van der Waals surface area contributed by atoms with E-state index in [9.17, 15) is 18.4 Å². The van der Waals surface area contributed by atoms with Gasteiger partial charge in [0.15, 0.2) is 0 Å². The third-order valence-electron chi connectivity index (χ3n) is 4.98. The van der Waals surface area contributed by atoms with Gasteiger partial charge in [0.2, 0.25) is 12.3 Å². The fraction of sp³-hybridized carbons (Fsp3) is 0.706. The van der Waals surface area contributed by atoms with E-state index in [1.165, 1.54) is 7.11 Å². The van der Waals surface area contributed by atoms with Crippen molar-refractivity contribution in [1.29, 1.82) is 0 Å². The number of rotatable bonds is 6. The van der Waals surface area contributed by atoms with Gasteiger partial charge in [-0.15, -0.1) is 0 Å². The Bertz CT molecular complexity index is 610. The lowest BCUT2D eigenvalue weighted by molar-refractivity contribution is -0.153. The third-order valence-corrected chi connectivity index (χ3v) is 4.98. The molecule has 140 valence electrons. The predicted octanol–water partition coefficient (Wildman–Crippen LogP) is 2.40. The van der Waals surface area contributed by atoms with Crippen molar-refractivity contribution in [2.45, 2.75) is 56.9 Å². The summed E-state index contributed by atoms with van der Waals surface area (Å²) >= 11 is 0. The number of alkyl halides is 2. The van der Waals surface area contributed by atoms with E-state index >= 15 is 0 Å². The molecule has 0 radical (unpaired) electrons. The van der Waals surface area contributed by atoms with E-state index in [1.54, 1.807) is 17.9 Å². The molecule has 0 bridgehead atoms. The Morgan fingerprint density at radius 2 is 2.08 bits per heavy atom. The highest BCUT2D eigenvalue weighted by Crippen LogP contribution is 2.36. The number of methoxy groups -OCH3 is 1. The van der Waals surface area contributed by atoms with Gasteiger partial charge in [0.25, 0.3) is 0 Å². The zero-order valence-corrected chi connectivity index (χ0v) is 14.8. The van der Waals surface area contributed by atoms with Gasteiger partial charge < -0.3 is 10.1 Å². The van der Waals surface area contributed by atoms with Crippen LogP contribution in [0.3, 0.4) is 0 Å². The van der Waals surface area contributed by atoms with E-state index in [0.717, 1.165) is 5.56 Å². The van der Waals surface area contributed by atoms with E-state index in [1.807, 2.05) is 13.1 Å². The molecule has 1 fully saturated rings. The maximum Gasteiger partial charge on any atom is 0.331 e. The summed E-state index contributed by atoms with van der Waals surface area (Å²) in [4.78, 5) is 24.7. The summed E-state index contributed by atoms with van der Waals surface area (Å²) in [7, 11) is 3.04. The quantitative estimate of drug-likeness (QED) is 0.794. The average molecular weight is 357 g/mol. The van der Waals surface area contributed by atoms with Crippen molar-refractivity contribution in [1.82, 2.24) is 15.1 Å². The normalized spacial score (nSPS) is 24.8. The largest absolute Gasteiger partial charge is 0.467 e. The van der Waals surface area contributed by atoms with Crippen molar-refractivity contribution >= 4 is 11.9 Å². The molecule has 1 N–H and O–H groups in total. The Morgan fingerprint density at radius 3 is 2.56 bits per heavy atom. The number of halogens is 2. The molecular weight excluding hydrogens is 332 g/mol. The highest BCUT2D eigenvalue weighted by Gasteiger charge is 2.45. The number of hydrogen-bond acceptors (Lipinski definition) is 4. The van der Waals surface area contributed by atoms with Crippen molar-refractivity contribution in [3.63, 3.8) is 0 Å². The first-order chi connectivity index (χ1) is 11.8. The fourth-order valence-electron chi connectivity index (χ4n) is 3.37. The summed E-state index contributed by atoms with van der Waals surface area (Å²) in [5.41, 5.74) is -0.280. The number of aryl methyl sites for hydroxylation is 1. The Balaban J connectivity index is 2.02. The Morgan fingerprint density at radius 1 is 1.44 bits per heavy atom. The van der Waals surface area contributed by atoms with Crippen LogP contribution in [0, 0.1) is 5.92 Å². The molecule has 1 aromatic rings. The number of hydrogen-bond donors (Lipinski definition) is 1. The molecule has 2 rings (SSSR count). The molecule has 6 nitrogen and oxygen atoms in total. The second-order valence-corrected chi connectivity index (χ2v) is 6.85.